The average Bonchev–Trinajstić information content (AvgIpc) is 3.37. The van der Waals surface area contributed by atoms with E-state index in [9.17, 15) is 13.6 Å². The van der Waals surface area contributed by atoms with Crippen LogP contribution in [-0.4, -0.2) is 36.2 Å². The minimum Gasteiger partial charge on any atom is -0.323 e. The molecule has 2 aromatic carbocycles. The Balaban J connectivity index is 1.54. The van der Waals surface area contributed by atoms with E-state index in [1.54, 1.807) is 4.68 Å². The van der Waals surface area contributed by atoms with Crippen molar-refractivity contribution >= 4 is 23.4 Å². The molecular formula is C22H20F2N6OS. The Kier molecular flexibility index (Phi) is 6.31. The second-order valence-corrected chi connectivity index (χ2v) is 7.89. The molecule has 0 bridgehead atoms. The molecule has 7 nitrogen and oxygen atoms in total. The standard InChI is InChI=1S/C22H20F2N6OS/c1-3-30-21(16-12-29(2)28-20(16)14-7-5-4-6-8-14)26-27-22(30)32-13-19(31)25-18-10-9-15(23)11-17(18)24/h4-12H,3,13H2,1-2H3,(H,25,31). The zero-order valence-corrected chi connectivity index (χ0v) is 18.2. The monoisotopic (exact) mass is 454 g/mol. The van der Waals surface area contributed by atoms with Crippen LogP contribution in [0.4, 0.5) is 14.5 Å². The first-order valence-corrected chi connectivity index (χ1v) is 10.8. The van der Waals surface area contributed by atoms with Crippen molar-refractivity contribution < 1.29 is 13.6 Å². The molecular weight excluding hydrogens is 434 g/mol. The van der Waals surface area contributed by atoms with E-state index < -0.39 is 17.5 Å². The van der Waals surface area contributed by atoms with E-state index >= 15 is 0 Å². The first-order chi connectivity index (χ1) is 15.5. The van der Waals surface area contributed by atoms with Gasteiger partial charge in [-0.25, -0.2) is 8.78 Å². The van der Waals surface area contributed by atoms with Crippen LogP contribution in [0.2, 0.25) is 0 Å². The first-order valence-electron chi connectivity index (χ1n) is 9.86. The lowest BCUT2D eigenvalue weighted by Crippen LogP contribution is -2.15. The number of nitrogens with one attached hydrogen (secondary N) is 1. The molecule has 0 fully saturated rings. The molecule has 1 N–H and O–H groups in total. The zero-order chi connectivity index (χ0) is 22.7. The number of halogens is 2. The SMILES string of the molecule is CCn1c(SCC(=O)Nc2ccc(F)cc2F)nnc1-c1cn(C)nc1-c1ccccc1. The first kappa shape index (κ1) is 21.7. The summed E-state index contributed by atoms with van der Waals surface area (Å²) in [7, 11) is 1.84. The number of carbonyl (C=O) groups is 1. The lowest BCUT2D eigenvalue weighted by Gasteiger charge is -2.08. The van der Waals surface area contributed by atoms with Crippen molar-refractivity contribution in [2.24, 2.45) is 7.05 Å². The van der Waals surface area contributed by atoms with Crippen LogP contribution in [0.15, 0.2) is 59.9 Å². The van der Waals surface area contributed by atoms with E-state index in [-0.39, 0.29) is 11.4 Å². The van der Waals surface area contributed by atoms with Gasteiger partial charge >= 0.3 is 0 Å². The largest absolute Gasteiger partial charge is 0.323 e. The summed E-state index contributed by atoms with van der Waals surface area (Å²) in [4.78, 5) is 12.3. The summed E-state index contributed by atoms with van der Waals surface area (Å²) < 4.78 is 30.4. The molecule has 0 saturated carbocycles. The van der Waals surface area contributed by atoms with Crippen LogP contribution < -0.4 is 5.32 Å². The molecule has 2 heterocycles. The van der Waals surface area contributed by atoms with Gasteiger partial charge in [-0.05, 0) is 19.1 Å². The van der Waals surface area contributed by atoms with Crippen molar-refractivity contribution in [3.63, 3.8) is 0 Å². The Hall–Kier alpha value is -3.53. The Bertz CT molecular complexity index is 1250. The third-order valence-electron chi connectivity index (χ3n) is 4.69. The normalized spacial score (nSPS) is 11.0. The van der Waals surface area contributed by atoms with Gasteiger partial charge in [0.15, 0.2) is 11.0 Å². The highest BCUT2D eigenvalue weighted by Gasteiger charge is 2.20. The van der Waals surface area contributed by atoms with Crippen LogP contribution in [-0.2, 0) is 18.4 Å². The minimum absolute atomic E-state index is 0.00642. The van der Waals surface area contributed by atoms with E-state index in [0.717, 1.165) is 29.0 Å². The fourth-order valence-electron chi connectivity index (χ4n) is 3.25. The number of amides is 1. The number of benzene rings is 2. The summed E-state index contributed by atoms with van der Waals surface area (Å²) in [6.45, 7) is 2.55. The van der Waals surface area contributed by atoms with Crippen LogP contribution in [0.3, 0.4) is 0 Å². The van der Waals surface area contributed by atoms with Gasteiger partial charge in [0.1, 0.15) is 17.3 Å². The van der Waals surface area contributed by atoms with Crippen LogP contribution >= 0.6 is 11.8 Å². The van der Waals surface area contributed by atoms with E-state index in [1.165, 1.54) is 17.8 Å². The molecule has 0 aliphatic carbocycles. The summed E-state index contributed by atoms with van der Waals surface area (Å²) in [5.74, 6) is -1.32. The van der Waals surface area contributed by atoms with Gasteiger partial charge in [-0.2, -0.15) is 5.10 Å². The Morgan fingerprint density at radius 2 is 1.91 bits per heavy atom. The number of thioether (sulfide) groups is 1. The highest BCUT2D eigenvalue weighted by atomic mass is 32.2. The maximum absolute atomic E-state index is 13.8. The number of aryl methyl sites for hydroxylation is 1. The van der Waals surface area contributed by atoms with Crippen molar-refractivity contribution in [2.75, 3.05) is 11.1 Å². The number of hydrogen-bond acceptors (Lipinski definition) is 5. The second-order valence-electron chi connectivity index (χ2n) is 6.94. The van der Waals surface area contributed by atoms with Crippen LogP contribution in [0.1, 0.15) is 6.92 Å². The zero-order valence-electron chi connectivity index (χ0n) is 17.4. The molecule has 2 aromatic heterocycles. The molecule has 4 rings (SSSR count). The van der Waals surface area contributed by atoms with Crippen molar-refractivity contribution in [1.82, 2.24) is 24.5 Å². The maximum Gasteiger partial charge on any atom is 0.234 e. The molecule has 1 amide bonds. The lowest BCUT2D eigenvalue weighted by molar-refractivity contribution is -0.113. The molecule has 0 spiro atoms. The summed E-state index contributed by atoms with van der Waals surface area (Å²) in [5, 5.41) is 16.2. The molecule has 0 aliphatic heterocycles. The lowest BCUT2D eigenvalue weighted by atomic mass is 10.1. The van der Waals surface area contributed by atoms with Gasteiger partial charge in [-0.1, -0.05) is 42.1 Å². The molecule has 0 unspecified atom stereocenters. The summed E-state index contributed by atoms with van der Waals surface area (Å²) in [5.41, 5.74) is 2.51. The Morgan fingerprint density at radius 3 is 2.62 bits per heavy atom. The average molecular weight is 455 g/mol. The predicted octanol–water partition coefficient (Wildman–Crippen LogP) is 4.37. The fraction of sp³-hybridized carbons (Fsp3) is 0.182. The van der Waals surface area contributed by atoms with Gasteiger partial charge in [0.2, 0.25) is 5.91 Å². The molecule has 32 heavy (non-hydrogen) atoms. The van der Waals surface area contributed by atoms with Gasteiger partial charge in [-0.15, -0.1) is 10.2 Å². The third kappa shape index (κ3) is 4.54. The number of rotatable bonds is 7. The number of anilines is 1. The molecule has 10 heteroatoms. The summed E-state index contributed by atoms with van der Waals surface area (Å²) in [6.07, 6.45) is 1.89. The van der Waals surface area contributed by atoms with Gasteiger partial charge < -0.3 is 9.88 Å². The molecule has 4 aromatic rings. The Labute approximate surface area is 187 Å². The quantitative estimate of drug-likeness (QED) is 0.420. The van der Waals surface area contributed by atoms with Gasteiger partial charge in [0.25, 0.3) is 0 Å². The number of aromatic nitrogens is 5. The number of nitrogens with zero attached hydrogens (tertiary/aromatic N) is 5. The number of carbonyl (C=O) groups excluding carboxylic acids is 1. The van der Waals surface area contributed by atoms with E-state index in [2.05, 4.69) is 20.6 Å². The summed E-state index contributed by atoms with van der Waals surface area (Å²) >= 11 is 1.19. The van der Waals surface area contributed by atoms with Crippen molar-refractivity contribution in [2.45, 2.75) is 18.6 Å². The van der Waals surface area contributed by atoms with Crippen LogP contribution in [0.5, 0.6) is 0 Å². The smallest absolute Gasteiger partial charge is 0.234 e. The third-order valence-corrected chi connectivity index (χ3v) is 5.65. The minimum atomic E-state index is -0.826. The molecule has 0 atom stereocenters. The van der Waals surface area contributed by atoms with E-state index in [1.807, 2.05) is 55.1 Å². The molecule has 164 valence electrons. The highest BCUT2D eigenvalue weighted by molar-refractivity contribution is 7.99. The fourth-order valence-corrected chi connectivity index (χ4v) is 4.05. The molecule has 0 saturated heterocycles. The van der Waals surface area contributed by atoms with Gasteiger partial charge in [0.05, 0.1) is 17.0 Å². The molecule has 0 aliphatic rings. The van der Waals surface area contributed by atoms with E-state index in [4.69, 9.17) is 0 Å². The van der Waals surface area contributed by atoms with Crippen molar-refractivity contribution in [1.29, 1.82) is 0 Å². The topological polar surface area (TPSA) is 77.6 Å². The summed E-state index contributed by atoms with van der Waals surface area (Å²) in [6, 6.07) is 12.8. The van der Waals surface area contributed by atoms with E-state index in [0.29, 0.717) is 17.5 Å². The van der Waals surface area contributed by atoms with Gasteiger partial charge in [-0.3, -0.25) is 9.48 Å². The predicted molar refractivity (Wildman–Crippen MR) is 119 cm³/mol. The van der Waals surface area contributed by atoms with Crippen molar-refractivity contribution in [3.8, 4) is 22.6 Å². The van der Waals surface area contributed by atoms with Gasteiger partial charge in [0, 0.05) is 31.4 Å². The van der Waals surface area contributed by atoms with Crippen LogP contribution in [0, 0.1) is 11.6 Å². The second kappa shape index (κ2) is 9.31. The highest BCUT2D eigenvalue weighted by Crippen LogP contribution is 2.31. The Morgan fingerprint density at radius 1 is 1.12 bits per heavy atom. The molecule has 0 radical (unpaired) electrons. The van der Waals surface area contributed by atoms with Crippen LogP contribution in [0.25, 0.3) is 22.6 Å². The van der Waals surface area contributed by atoms with Crippen molar-refractivity contribution in [3.05, 3.63) is 66.4 Å². The maximum atomic E-state index is 13.8. The number of hydrogen-bond donors (Lipinski definition) is 1.